The van der Waals surface area contributed by atoms with Crippen molar-refractivity contribution in [2.75, 3.05) is 17.7 Å². The molecule has 24 heavy (non-hydrogen) atoms. The number of rotatable bonds is 7. The second kappa shape index (κ2) is 7.91. The fourth-order valence-corrected chi connectivity index (χ4v) is 3.91. The first-order chi connectivity index (χ1) is 11.2. The molecule has 0 aromatic carbocycles. The van der Waals surface area contributed by atoms with Crippen LogP contribution in [0.25, 0.3) is 0 Å². The monoisotopic (exact) mass is 354 g/mol. The zero-order chi connectivity index (χ0) is 17.8. The number of aliphatic hydroxyl groups excluding tert-OH is 1. The molecule has 1 aliphatic carbocycles. The fourth-order valence-electron chi connectivity index (χ4n) is 2.74. The van der Waals surface area contributed by atoms with E-state index >= 15 is 0 Å². The third-order valence-electron chi connectivity index (χ3n) is 4.79. The second-order valence-corrected chi connectivity index (χ2v) is 9.54. The van der Waals surface area contributed by atoms with Crippen LogP contribution in [-0.4, -0.2) is 33.3 Å². The van der Waals surface area contributed by atoms with Crippen LogP contribution in [0.5, 0.6) is 0 Å². The largest absolute Gasteiger partial charge is 0.395 e. The van der Waals surface area contributed by atoms with E-state index in [1.165, 1.54) is 32.1 Å². The summed E-state index contributed by atoms with van der Waals surface area (Å²) in [5.74, 6) is 2.02. The van der Waals surface area contributed by atoms with E-state index in [2.05, 4.69) is 10.5 Å². The third kappa shape index (κ3) is 4.99. The number of hydrogen-bond acceptors (Lipinski definition) is 5. The molecule has 1 aromatic heterocycles. The highest BCUT2D eigenvalue weighted by Gasteiger charge is 2.31. The summed E-state index contributed by atoms with van der Waals surface area (Å²) in [6.07, 6.45) is 6.56. The number of nitrogens with one attached hydrogen (secondary N) is 1. The predicted octanol–water partition coefficient (Wildman–Crippen LogP) is 3.98. The van der Waals surface area contributed by atoms with Gasteiger partial charge in [-0.15, -0.1) is 11.8 Å². The molecule has 1 amide bonds. The first kappa shape index (κ1) is 19.3. The molecule has 0 spiro atoms. The molecular weight excluding hydrogens is 324 g/mol. The Morgan fingerprint density at radius 1 is 1.33 bits per heavy atom. The van der Waals surface area contributed by atoms with Crippen molar-refractivity contribution in [1.82, 2.24) is 5.16 Å². The van der Waals surface area contributed by atoms with Gasteiger partial charge in [0, 0.05) is 11.5 Å². The molecule has 5 nitrogen and oxygen atoms in total. The molecule has 1 fully saturated rings. The summed E-state index contributed by atoms with van der Waals surface area (Å²) in [6.45, 7) is 7.62. The summed E-state index contributed by atoms with van der Waals surface area (Å²) < 4.78 is 4.69. The van der Waals surface area contributed by atoms with E-state index in [1.807, 2.05) is 27.7 Å². The Bertz CT molecular complexity index is 548. The van der Waals surface area contributed by atoms with Crippen molar-refractivity contribution in [1.29, 1.82) is 0 Å². The van der Waals surface area contributed by atoms with Gasteiger partial charge in [-0.2, -0.15) is 0 Å². The number of nitrogens with zero attached hydrogens (tertiary/aromatic N) is 1. The second-order valence-electron chi connectivity index (χ2n) is 7.90. The van der Waals surface area contributed by atoms with Gasteiger partial charge in [0.25, 0.3) is 0 Å². The standard InChI is InChI=1S/C18H30N2O3S/c1-17(2,12-21)14-10-15(23-20-14)19-16(22)18(3,4)24-11-13-8-6-5-7-9-13/h10,13,21H,5-9,11-12H2,1-4H3,(H,19,22). The van der Waals surface area contributed by atoms with E-state index in [1.54, 1.807) is 17.8 Å². The van der Waals surface area contributed by atoms with Gasteiger partial charge in [-0.1, -0.05) is 38.3 Å². The van der Waals surface area contributed by atoms with Crippen LogP contribution in [-0.2, 0) is 10.2 Å². The maximum absolute atomic E-state index is 12.6. The lowest BCUT2D eigenvalue weighted by atomic mass is 9.91. The van der Waals surface area contributed by atoms with Crippen molar-refractivity contribution in [3.05, 3.63) is 11.8 Å². The van der Waals surface area contributed by atoms with Gasteiger partial charge in [0.2, 0.25) is 11.8 Å². The molecule has 2 rings (SSSR count). The van der Waals surface area contributed by atoms with Gasteiger partial charge in [0.05, 0.1) is 17.0 Å². The van der Waals surface area contributed by atoms with Crippen LogP contribution in [0.1, 0.15) is 65.5 Å². The molecule has 0 unspecified atom stereocenters. The van der Waals surface area contributed by atoms with E-state index in [0.717, 1.165) is 11.7 Å². The average molecular weight is 355 g/mol. The lowest BCUT2D eigenvalue weighted by molar-refractivity contribution is -0.117. The van der Waals surface area contributed by atoms with Gasteiger partial charge in [-0.3, -0.25) is 10.1 Å². The van der Waals surface area contributed by atoms with Gasteiger partial charge >= 0.3 is 0 Å². The quantitative estimate of drug-likeness (QED) is 0.775. The molecule has 0 bridgehead atoms. The molecule has 1 saturated carbocycles. The lowest BCUT2D eigenvalue weighted by Crippen LogP contribution is -2.35. The van der Waals surface area contributed by atoms with Crippen LogP contribution in [0.2, 0.25) is 0 Å². The molecule has 0 atom stereocenters. The number of amides is 1. The van der Waals surface area contributed by atoms with E-state index in [-0.39, 0.29) is 12.5 Å². The normalized spacial score (nSPS) is 17.0. The average Bonchev–Trinajstić information content (AvgIpc) is 3.03. The smallest absolute Gasteiger partial charge is 0.242 e. The molecule has 6 heteroatoms. The van der Waals surface area contributed by atoms with Gasteiger partial charge in [0.15, 0.2) is 0 Å². The van der Waals surface area contributed by atoms with Crippen molar-refractivity contribution in [2.24, 2.45) is 5.92 Å². The summed E-state index contributed by atoms with van der Waals surface area (Å²) >= 11 is 1.72. The van der Waals surface area contributed by atoms with Crippen LogP contribution in [0.3, 0.4) is 0 Å². The van der Waals surface area contributed by atoms with E-state index in [0.29, 0.717) is 11.6 Å². The van der Waals surface area contributed by atoms with Crippen LogP contribution >= 0.6 is 11.8 Å². The zero-order valence-electron chi connectivity index (χ0n) is 15.2. The topological polar surface area (TPSA) is 75.4 Å². The van der Waals surface area contributed by atoms with Gasteiger partial charge in [0.1, 0.15) is 0 Å². The fraction of sp³-hybridized carbons (Fsp3) is 0.778. The number of aliphatic hydroxyl groups is 1. The summed E-state index contributed by atoms with van der Waals surface area (Å²) in [4.78, 5) is 12.6. The lowest BCUT2D eigenvalue weighted by Gasteiger charge is -2.27. The number of thioether (sulfide) groups is 1. The summed E-state index contributed by atoms with van der Waals surface area (Å²) in [7, 11) is 0. The molecule has 0 radical (unpaired) electrons. The minimum absolute atomic E-state index is 0.0321. The molecule has 0 aliphatic heterocycles. The molecule has 2 N–H and O–H groups in total. The Morgan fingerprint density at radius 2 is 2.00 bits per heavy atom. The number of hydrogen-bond donors (Lipinski definition) is 2. The van der Waals surface area contributed by atoms with Gasteiger partial charge in [-0.25, -0.2) is 0 Å². The van der Waals surface area contributed by atoms with Gasteiger partial charge in [-0.05, 0) is 38.4 Å². The first-order valence-electron chi connectivity index (χ1n) is 8.78. The van der Waals surface area contributed by atoms with Crippen LogP contribution in [0.15, 0.2) is 10.6 Å². The molecule has 1 heterocycles. The zero-order valence-corrected chi connectivity index (χ0v) is 16.0. The van der Waals surface area contributed by atoms with Crippen LogP contribution in [0.4, 0.5) is 5.88 Å². The number of aromatic nitrogens is 1. The molecule has 1 aliphatic rings. The molecule has 1 aromatic rings. The Kier molecular flexibility index (Phi) is 6.37. The molecule has 136 valence electrons. The Labute approximate surface area is 148 Å². The van der Waals surface area contributed by atoms with E-state index in [9.17, 15) is 9.90 Å². The highest BCUT2D eigenvalue weighted by atomic mass is 32.2. The SMILES string of the molecule is CC(C)(SCC1CCCCC1)C(=O)Nc1cc(C(C)(C)CO)no1. The Balaban J connectivity index is 1.90. The number of carbonyl (C=O) groups excluding carboxylic acids is 1. The summed E-state index contributed by atoms with van der Waals surface area (Å²) in [6, 6.07) is 1.69. The minimum atomic E-state index is -0.517. The number of anilines is 1. The van der Waals surface area contributed by atoms with E-state index < -0.39 is 10.2 Å². The minimum Gasteiger partial charge on any atom is -0.395 e. The Hall–Kier alpha value is -1.01. The van der Waals surface area contributed by atoms with Crippen molar-refractivity contribution in [3.63, 3.8) is 0 Å². The van der Waals surface area contributed by atoms with E-state index in [4.69, 9.17) is 4.52 Å². The predicted molar refractivity (Wildman–Crippen MR) is 98.4 cm³/mol. The molecule has 0 saturated heterocycles. The maximum Gasteiger partial charge on any atom is 0.242 e. The number of carbonyl (C=O) groups is 1. The van der Waals surface area contributed by atoms with Crippen molar-refractivity contribution >= 4 is 23.6 Å². The maximum atomic E-state index is 12.6. The Morgan fingerprint density at radius 3 is 2.62 bits per heavy atom. The summed E-state index contributed by atoms with van der Waals surface area (Å²) in [5.41, 5.74) is 0.144. The highest BCUT2D eigenvalue weighted by molar-refractivity contribution is 8.01. The summed E-state index contributed by atoms with van der Waals surface area (Å²) in [5, 5.41) is 16.2. The van der Waals surface area contributed by atoms with Crippen LogP contribution in [0, 0.1) is 5.92 Å². The molecular formula is C18H30N2O3S. The van der Waals surface area contributed by atoms with Crippen molar-refractivity contribution < 1.29 is 14.4 Å². The van der Waals surface area contributed by atoms with Crippen molar-refractivity contribution in [2.45, 2.75) is 70.0 Å². The van der Waals surface area contributed by atoms with Gasteiger partial charge < -0.3 is 9.63 Å². The van der Waals surface area contributed by atoms with Crippen molar-refractivity contribution in [3.8, 4) is 0 Å². The highest BCUT2D eigenvalue weighted by Crippen LogP contribution is 2.33. The van der Waals surface area contributed by atoms with Crippen LogP contribution < -0.4 is 5.32 Å². The first-order valence-corrected chi connectivity index (χ1v) is 9.76. The third-order valence-corrected chi connectivity index (χ3v) is 6.33.